The van der Waals surface area contributed by atoms with Crippen molar-refractivity contribution in [2.24, 2.45) is 5.92 Å². The second kappa shape index (κ2) is 11.0. The molecule has 1 atom stereocenters. The van der Waals surface area contributed by atoms with Gasteiger partial charge in [0.15, 0.2) is 5.16 Å². The first-order chi connectivity index (χ1) is 14.9. The summed E-state index contributed by atoms with van der Waals surface area (Å²) in [5.41, 5.74) is 0.979. The maximum atomic E-state index is 12.6. The van der Waals surface area contributed by atoms with Gasteiger partial charge in [-0.25, -0.2) is 14.7 Å². The second-order valence-corrected chi connectivity index (χ2v) is 9.50. The first kappa shape index (κ1) is 23.6. The summed E-state index contributed by atoms with van der Waals surface area (Å²) in [4.78, 5) is 37.1. The first-order valence-corrected chi connectivity index (χ1v) is 12.2. The topological polar surface area (TPSA) is 115 Å². The Labute approximate surface area is 188 Å². The van der Waals surface area contributed by atoms with E-state index in [2.05, 4.69) is 29.4 Å². The highest BCUT2D eigenvalue weighted by Crippen LogP contribution is 2.31. The number of thioether (sulfide) groups is 1. The van der Waals surface area contributed by atoms with E-state index in [0.717, 1.165) is 36.6 Å². The molecule has 1 aliphatic rings. The Balaban J connectivity index is 1.66. The van der Waals surface area contributed by atoms with Crippen LogP contribution >= 0.6 is 23.1 Å². The first-order valence-electron chi connectivity index (χ1n) is 10.4. The zero-order valence-electron chi connectivity index (χ0n) is 17.9. The van der Waals surface area contributed by atoms with Crippen LogP contribution in [0.2, 0.25) is 0 Å². The van der Waals surface area contributed by atoms with Crippen LogP contribution in [0.1, 0.15) is 49.5 Å². The fourth-order valence-corrected chi connectivity index (χ4v) is 5.10. The van der Waals surface area contributed by atoms with Gasteiger partial charge in [-0.15, -0.1) is 16.4 Å². The van der Waals surface area contributed by atoms with Crippen LogP contribution in [-0.2, 0) is 27.2 Å². The molecule has 1 fully saturated rings. The summed E-state index contributed by atoms with van der Waals surface area (Å²) in [5.74, 6) is -0.301. The van der Waals surface area contributed by atoms with E-state index in [0.29, 0.717) is 34.8 Å². The minimum absolute atomic E-state index is 0.0129. The number of aromatic amines is 1. The van der Waals surface area contributed by atoms with E-state index in [1.807, 2.05) is 5.38 Å². The highest BCUT2D eigenvalue weighted by molar-refractivity contribution is 7.99. The normalized spacial score (nSPS) is 16.1. The minimum Gasteiger partial charge on any atom is -0.462 e. The molecular formula is C20H28N4O5S2. The summed E-state index contributed by atoms with van der Waals surface area (Å²) in [5, 5.41) is 12.1. The van der Waals surface area contributed by atoms with E-state index < -0.39 is 5.97 Å². The van der Waals surface area contributed by atoms with Crippen molar-refractivity contribution in [2.45, 2.75) is 57.8 Å². The van der Waals surface area contributed by atoms with Crippen LogP contribution in [0.25, 0.3) is 0 Å². The predicted molar refractivity (Wildman–Crippen MR) is 120 cm³/mol. The number of esters is 1. The van der Waals surface area contributed by atoms with Gasteiger partial charge >= 0.3 is 11.7 Å². The molecule has 1 aliphatic heterocycles. The Morgan fingerprint density at radius 2 is 2.29 bits per heavy atom. The lowest BCUT2D eigenvalue weighted by Crippen LogP contribution is -2.25. The van der Waals surface area contributed by atoms with Crippen molar-refractivity contribution < 1.29 is 19.1 Å². The fraction of sp³-hybridized carbons (Fsp3) is 0.600. The average Bonchev–Trinajstić information content (AvgIpc) is 3.43. The molecule has 0 spiro atoms. The van der Waals surface area contributed by atoms with Gasteiger partial charge in [0.1, 0.15) is 5.00 Å². The van der Waals surface area contributed by atoms with Gasteiger partial charge < -0.3 is 14.8 Å². The number of ether oxygens (including phenoxy) is 2. The number of anilines is 1. The molecule has 170 valence electrons. The van der Waals surface area contributed by atoms with E-state index in [1.54, 1.807) is 6.92 Å². The molecule has 2 aromatic heterocycles. The third-order valence-corrected chi connectivity index (χ3v) is 6.61. The molecule has 0 radical (unpaired) electrons. The molecule has 2 N–H and O–H groups in total. The number of hydrogen-bond donors (Lipinski definition) is 2. The quantitative estimate of drug-likeness (QED) is 0.407. The van der Waals surface area contributed by atoms with E-state index in [1.165, 1.54) is 15.9 Å². The smallest absolute Gasteiger partial charge is 0.344 e. The molecule has 1 amide bonds. The van der Waals surface area contributed by atoms with Crippen LogP contribution in [-0.4, -0.2) is 51.7 Å². The standard InChI is InChI=1S/C20H28N4O5S2/c1-4-28-18(26)16-13(8-12(2)3)10-30-17(16)21-15(25)11-31-20-23-22-19(27)24(20)9-14-6-5-7-29-14/h10,12,14H,4-9,11H2,1-3H3,(H,21,25)(H,22,27). The van der Waals surface area contributed by atoms with E-state index in [-0.39, 0.29) is 30.1 Å². The number of carbonyl (C=O) groups excluding carboxylic acids is 2. The molecular weight excluding hydrogens is 440 g/mol. The second-order valence-electron chi connectivity index (χ2n) is 7.68. The molecule has 2 aromatic rings. The third-order valence-electron chi connectivity index (χ3n) is 4.69. The van der Waals surface area contributed by atoms with Crippen molar-refractivity contribution >= 4 is 40.0 Å². The number of nitrogens with zero attached hydrogens (tertiary/aromatic N) is 2. The number of hydrogen-bond acceptors (Lipinski definition) is 8. The lowest BCUT2D eigenvalue weighted by atomic mass is 10.0. The van der Waals surface area contributed by atoms with Gasteiger partial charge in [-0.3, -0.25) is 9.36 Å². The van der Waals surface area contributed by atoms with E-state index >= 15 is 0 Å². The van der Waals surface area contributed by atoms with Crippen LogP contribution in [0, 0.1) is 5.92 Å². The number of rotatable bonds is 10. The van der Waals surface area contributed by atoms with Crippen molar-refractivity contribution in [1.29, 1.82) is 0 Å². The van der Waals surface area contributed by atoms with Gasteiger partial charge in [0, 0.05) is 6.61 Å². The Morgan fingerprint density at radius 1 is 1.48 bits per heavy atom. The molecule has 9 nitrogen and oxygen atoms in total. The van der Waals surface area contributed by atoms with Gasteiger partial charge in [-0.2, -0.15) is 0 Å². The van der Waals surface area contributed by atoms with Crippen LogP contribution in [0.5, 0.6) is 0 Å². The van der Waals surface area contributed by atoms with E-state index in [9.17, 15) is 14.4 Å². The average molecular weight is 469 g/mol. The fourth-order valence-electron chi connectivity index (χ4n) is 3.36. The summed E-state index contributed by atoms with van der Waals surface area (Å²) in [7, 11) is 0. The maximum absolute atomic E-state index is 12.6. The summed E-state index contributed by atoms with van der Waals surface area (Å²) < 4.78 is 12.3. The van der Waals surface area contributed by atoms with Crippen molar-refractivity contribution in [3.8, 4) is 0 Å². The van der Waals surface area contributed by atoms with Crippen molar-refractivity contribution in [3.63, 3.8) is 0 Å². The summed E-state index contributed by atoms with van der Waals surface area (Å²) >= 11 is 2.48. The molecule has 1 unspecified atom stereocenters. The highest BCUT2D eigenvalue weighted by Gasteiger charge is 2.23. The zero-order valence-corrected chi connectivity index (χ0v) is 19.6. The zero-order chi connectivity index (χ0) is 22.4. The lowest BCUT2D eigenvalue weighted by Gasteiger charge is -2.11. The number of thiophene rings is 1. The number of amides is 1. The molecule has 3 heterocycles. The molecule has 0 saturated carbocycles. The van der Waals surface area contributed by atoms with Gasteiger partial charge in [0.05, 0.1) is 30.6 Å². The van der Waals surface area contributed by atoms with Crippen LogP contribution in [0.15, 0.2) is 15.3 Å². The van der Waals surface area contributed by atoms with E-state index in [4.69, 9.17) is 9.47 Å². The predicted octanol–water partition coefficient (Wildman–Crippen LogP) is 2.92. The van der Waals surface area contributed by atoms with Crippen molar-refractivity contribution in [3.05, 3.63) is 27.0 Å². The summed E-state index contributed by atoms with van der Waals surface area (Å²) in [6, 6.07) is 0. The molecule has 31 heavy (non-hydrogen) atoms. The molecule has 0 aliphatic carbocycles. The molecule has 1 saturated heterocycles. The van der Waals surface area contributed by atoms with Gasteiger partial charge in [-0.05, 0) is 43.0 Å². The van der Waals surface area contributed by atoms with Gasteiger partial charge in [-0.1, -0.05) is 25.6 Å². The van der Waals surface area contributed by atoms with Crippen LogP contribution in [0.3, 0.4) is 0 Å². The Bertz CT molecular complexity index is 959. The summed E-state index contributed by atoms with van der Waals surface area (Å²) in [6.45, 7) is 7.27. The summed E-state index contributed by atoms with van der Waals surface area (Å²) in [6.07, 6.45) is 2.58. The van der Waals surface area contributed by atoms with Gasteiger partial charge in [0.25, 0.3) is 0 Å². The largest absolute Gasteiger partial charge is 0.462 e. The minimum atomic E-state index is -0.431. The lowest BCUT2D eigenvalue weighted by molar-refractivity contribution is -0.113. The molecule has 0 bridgehead atoms. The third kappa shape index (κ3) is 6.20. The van der Waals surface area contributed by atoms with Crippen molar-refractivity contribution in [2.75, 3.05) is 24.3 Å². The Morgan fingerprint density at radius 3 is 2.97 bits per heavy atom. The number of aromatic nitrogens is 3. The van der Waals surface area contributed by atoms with Crippen LogP contribution in [0.4, 0.5) is 5.00 Å². The maximum Gasteiger partial charge on any atom is 0.344 e. The highest BCUT2D eigenvalue weighted by atomic mass is 32.2. The number of nitrogens with one attached hydrogen (secondary N) is 2. The van der Waals surface area contributed by atoms with Gasteiger partial charge in [0.2, 0.25) is 5.91 Å². The van der Waals surface area contributed by atoms with Crippen LogP contribution < -0.4 is 11.0 Å². The Kier molecular flexibility index (Phi) is 8.33. The molecule has 0 aromatic carbocycles. The monoisotopic (exact) mass is 468 g/mol. The molecule has 3 rings (SSSR count). The number of carbonyl (C=O) groups is 2. The number of H-pyrrole nitrogens is 1. The SMILES string of the molecule is CCOC(=O)c1c(CC(C)C)csc1NC(=O)CSc1n[nH]c(=O)n1CC1CCCO1. The molecule has 11 heteroatoms. The Hall–Kier alpha value is -2.11. The van der Waals surface area contributed by atoms with Crippen molar-refractivity contribution in [1.82, 2.24) is 14.8 Å².